The Morgan fingerprint density at radius 3 is 2.65 bits per heavy atom. The van der Waals surface area contributed by atoms with Gasteiger partial charge < -0.3 is 0 Å². The van der Waals surface area contributed by atoms with Crippen LogP contribution in [-0.2, 0) is 12.8 Å². The highest BCUT2D eigenvalue weighted by molar-refractivity contribution is 5.79. The Labute approximate surface area is 135 Å². The molecule has 0 amide bonds. The van der Waals surface area contributed by atoms with Crippen molar-refractivity contribution < 1.29 is 0 Å². The van der Waals surface area contributed by atoms with E-state index >= 15 is 0 Å². The van der Waals surface area contributed by atoms with Crippen LogP contribution >= 0.6 is 0 Å². The van der Waals surface area contributed by atoms with Crippen molar-refractivity contribution in [3.63, 3.8) is 0 Å². The van der Waals surface area contributed by atoms with Gasteiger partial charge >= 0.3 is 0 Å². The summed E-state index contributed by atoms with van der Waals surface area (Å²) in [5, 5.41) is 3.58. The predicted octanol–water partition coefficient (Wildman–Crippen LogP) is 4.75. The molecular weight excluding hydrogens is 286 g/mol. The molecule has 5 nitrogen and oxygen atoms in total. The van der Waals surface area contributed by atoms with E-state index in [9.17, 15) is 0 Å². The summed E-state index contributed by atoms with van der Waals surface area (Å²) < 4.78 is 2.21. The summed E-state index contributed by atoms with van der Waals surface area (Å²) in [5.41, 5.74) is 14.0. The molecule has 0 bridgehead atoms. The van der Waals surface area contributed by atoms with Gasteiger partial charge in [0.05, 0.1) is 11.0 Å². The van der Waals surface area contributed by atoms with E-state index in [4.69, 9.17) is 10.5 Å². The molecule has 5 heteroatoms. The third kappa shape index (κ3) is 3.05. The van der Waals surface area contributed by atoms with Gasteiger partial charge in [-0.15, -0.1) is 0 Å². The second-order valence-corrected chi connectivity index (χ2v) is 5.58. The van der Waals surface area contributed by atoms with Crippen LogP contribution in [0.25, 0.3) is 27.2 Å². The van der Waals surface area contributed by atoms with E-state index in [0.29, 0.717) is 6.54 Å². The highest BCUT2D eigenvalue weighted by Gasteiger charge is 2.11. The maximum absolute atomic E-state index is 8.34. The topological polar surface area (TPSA) is 66.6 Å². The number of hydrogen-bond acceptors (Lipinski definition) is 2. The summed E-state index contributed by atoms with van der Waals surface area (Å²) in [7, 11) is 0. The summed E-state index contributed by atoms with van der Waals surface area (Å²) in [4.78, 5) is 7.54. The smallest absolute Gasteiger partial charge is 0.114 e. The SMILES string of the molecule is CCc1nc2cc(C)ccc2n1-c1ccc(CCN=[N+]=[N-])cc1. The molecule has 0 radical (unpaired) electrons. The maximum Gasteiger partial charge on any atom is 0.114 e. The average molecular weight is 305 g/mol. The zero-order chi connectivity index (χ0) is 16.2. The fourth-order valence-corrected chi connectivity index (χ4v) is 2.80. The molecule has 0 saturated heterocycles. The summed E-state index contributed by atoms with van der Waals surface area (Å²) in [5.74, 6) is 1.06. The first-order valence-electron chi connectivity index (χ1n) is 7.81. The van der Waals surface area contributed by atoms with Crippen molar-refractivity contribution in [1.82, 2.24) is 9.55 Å². The van der Waals surface area contributed by atoms with Crippen molar-refractivity contribution in [1.29, 1.82) is 0 Å². The maximum atomic E-state index is 8.34. The molecule has 0 saturated carbocycles. The average Bonchev–Trinajstić information content (AvgIpc) is 2.93. The second-order valence-electron chi connectivity index (χ2n) is 5.58. The van der Waals surface area contributed by atoms with Gasteiger partial charge in [-0.2, -0.15) is 0 Å². The molecule has 3 rings (SSSR count). The van der Waals surface area contributed by atoms with Crippen LogP contribution in [0.1, 0.15) is 23.9 Å². The zero-order valence-corrected chi connectivity index (χ0v) is 13.4. The van der Waals surface area contributed by atoms with Crippen molar-refractivity contribution in [3.05, 3.63) is 69.9 Å². The molecule has 0 atom stereocenters. The lowest BCUT2D eigenvalue weighted by atomic mass is 10.1. The van der Waals surface area contributed by atoms with Gasteiger partial charge in [0, 0.05) is 23.6 Å². The van der Waals surface area contributed by atoms with Crippen molar-refractivity contribution in [2.45, 2.75) is 26.7 Å². The summed E-state index contributed by atoms with van der Waals surface area (Å²) in [6.45, 7) is 4.70. The lowest BCUT2D eigenvalue weighted by Gasteiger charge is -2.09. The van der Waals surface area contributed by atoms with E-state index in [1.54, 1.807) is 0 Å². The summed E-state index contributed by atoms with van der Waals surface area (Å²) in [6, 6.07) is 14.8. The van der Waals surface area contributed by atoms with E-state index < -0.39 is 0 Å². The minimum absolute atomic E-state index is 0.489. The first-order chi connectivity index (χ1) is 11.2. The first-order valence-corrected chi connectivity index (χ1v) is 7.81. The highest BCUT2D eigenvalue weighted by atomic mass is 15.1. The molecule has 0 fully saturated rings. The number of azide groups is 1. The standard InChI is InChI=1S/C18H19N5/c1-3-18-21-16-12-13(2)4-9-17(16)23(18)15-7-5-14(6-8-15)10-11-20-22-19/h4-9,12H,3,10-11H2,1-2H3. The third-order valence-corrected chi connectivity index (χ3v) is 3.95. The normalized spacial score (nSPS) is 10.7. The number of aryl methyl sites for hydroxylation is 2. The lowest BCUT2D eigenvalue weighted by molar-refractivity contribution is 0.905. The number of fused-ring (bicyclic) bond motifs is 1. The minimum Gasteiger partial charge on any atom is -0.296 e. The molecule has 0 unspecified atom stereocenters. The molecule has 0 N–H and O–H groups in total. The van der Waals surface area contributed by atoms with Crippen LogP contribution in [-0.4, -0.2) is 16.1 Å². The Kier molecular flexibility index (Phi) is 4.31. The Morgan fingerprint density at radius 1 is 1.17 bits per heavy atom. The van der Waals surface area contributed by atoms with E-state index in [0.717, 1.165) is 35.4 Å². The molecule has 1 aromatic heterocycles. The molecule has 0 spiro atoms. The monoisotopic (exact) mass is 305 g/mol. The molecular formula is C18H19N5. The molecule has 116 valence electrons. The van der Waals surface area contributed by atoms with E-state index in [2.05, 4.69) is 70.9 Å². The molecule has 0 aliphatic carbocycles. The van der Waals surface area contributed by atoms with Crippen LogP contribution < -0.4 is 0 Å². The fraction of sp³-hybridized carbons (Fsp3) is 0.278. The summed E-state index contributed by atoms with van der Waals surface area (Å²) in [6.07, 6.45) is 1.64. The molecule has 0 aliphatic rings. The number of aromatic nitrogens is 2. The number of hydrogen-bond donors (Lipinski definition) is 0. The van der Waals surface area contributed by atoms with Crippen molar-refractivity contribution in [2.24, 2.45) is 5.11 Å². The number of nitrogens with zero attached hydrogens (tertiary/aromatic N) is 5. The van der Waals surface area contributed by atoms with Gasteiger partial charge in [-0.1, -0.05) is 30.2 Å². The van der Waals surface area contributed by atoms with E-state index in [1.165, 1.54) is 11.1 Å². The van der Waals surface area contributed by atoms with Crippen LogP contribution in [0.4, 0.5) is 0 Å². The molecule has 2 aromatic carbocycles. The fourth-order valence-electron chi connectivity index (χ4n) is 2.80. The van der Waals surface area contributed by atoms with Crippen LogP contribution in [0.15, 0.2) is 47.6 Å². The highest BCUT2D eigenvalue weighted by Crippen LogP contribution is 2.23. The van der Waals surface area contributed by atoms with Gasteiger partial charge in [0.25, 0.3) is 0 Å². The van der Waals surface area contributed by atoms with Gasteiger partial charge in [0.15, 0.2) is 0 Å². The number of imidazole rings is 1. The Bertz CT molecular complexity index is 870. The molecule has 3 aromatic rings. The van der Waals surface area contributed by atoms with E-state index in [-0.39, 0.29) is 0 Å². The third-order valence-electron chi connectivity index (χ3n) is 3.95. The van der Waals surface area contributed by atoms with Crippen molar-refractivity contribution >= 4 is 11.0 Å². The van der Waals surface area contributed by atoms with Crippen LogP contribution in [0.2, 0.25) is 0 Å². The Morgan fingerprint density at radius 2 is 1.96 bits per heavy atom. The van der Waals surface area contributed by atoms with Crippen LogP contribution in [0.3, 0.4) is 0 Å². The summed E-state index contributed by atoms with van der Waals surface area (Å²) >= 11 is 0. The van der Waals surface area contributed by atoms with E-state index in [1.807, 2.05) is 0 Å². The number of rotatable bonds is 5. The molecule has 23 heavy (non-hydrogen) atoms. The first kappa shape index (κ1) is 15.1. The largest absolute Gasteiger partial charge is 0.296 e. The van der Waals surface area contributed by atoms with Crippen molar-refractivity contribution in [3.8, 4) is 5.69 Å². The van der Waals surface area contributed by atoms with Gasteiger partial charge in [0.2, 0.25) is 0 Å². The quantitative estimate of drug-likeness (QED) is 0.381. The van der Waals surface area contributed by atoms with Gasteiger partial charge in [-0.3, -0.25) is 4.57 Å². The Balaban J connectivity index is 2.00. The second kappa shape index (κ2) is 6.55. The molecule has 0 aliphatic heterocycles. The van der Waals surface area contributed by atoms with Crippen LogP contribution in [0, 0.1) is 6.92 Å². The van der Waals surface area contributed by atoms with Crippen molar-refractivity contribution in [2.75, 3.05) is 6.54 Å². The van der Waals surface area contributed by atoms with Gasteiger partial charge in [-0.05, 0) is 54.3 Å². The molecule has 1 heterocycles. The van der Waals surface area contributed by atoms with Gasteiger partial charge in [-0.25, -0.2) is 4.98 Å². The predicted molar refractivity (Wildman–Crippen MR) is 92.9 cm³/mol. The lowest BCUT2D eigenvalue weighted by Crippen LogP contribution is -2.00. The van der Waals surface area contributed by atoms with Gasteiger partial charge in [0.1, 0.15) is 5.82 Å². The Hall–Kier alpha value is -2.78. The zero-order valence-electron chi connectivity index (χ0n) is 13.4. The van der Waals surface area contributed by atoms with Crippen LogP contribution in [0.5, 0.6) is 0 Å². The number of benzene rings is 2. The minimum atomic E-state index is 0.489.